The Hall–Kier alpha value is -1.83. The standard InChI is InChI=1S/C20H15Cl2F3O3S/c1-28-19(27)18-14-5-3-2-4-13(14)17(29-18)16(26)9-15(20(23,24)25)10-6-11(21)8-12(22)7-10/h6-9H,2-5H2,1H3/b15-9+. The van der Waals surface area contributed by atoms with Gasteiger partial charge in [0.05, 0.1) is 17.6 Å². The number of methoxy groups -OCH3 is 1. The van der Waals surface area contributed by atoms with Gasteiger partial charge in [0.15, 0.2) is 5.78 Å². The number of carbonyl (C=O) groups is 2. The second-order valence-electron chi connectivity index (χ2n) is 6.49. The van der Waals surface area contributed by atoms with Crippen molar-refractivity contribution in [2.45, 2.75) is 31.9 Å². The molecule has 1 heterocycles. The molecule has 1 aliphatic rings. The molecule has 0 radical (unpaired) electrons. The molecule has 9 heteroatoms. The first kappa shape index (κ1) is 21.9. The normalized spacial score (nSPS) is 14.5. The first-order chi connectivity index (χ1) is 13.6. The third kappa shape index (κ3) is 4.68. The molecule has 0 spiro atoms. The fraction of sp³-hybridized carbons (Fsp3) is 0.300. The summed E-state index contributed by atoms with van der Waals surface area (Å²) in [6, 6.07) is 3.51. The molecular formula is C20H15Cl2F3O3S. The van der Waals surface area contributed by atoms with Crippen LogP contribution >= 0.6 is 34.5 Å². The summed E-state index contributed by atoms with van der Waals surface area (Å²) in [5, 5.41) is 0.0492. The van der Waals surface area contributed by atoms with Gasteiger partial charge in [0.25, 0.3) is 0 Å². The van der Waals surface area contributed by atoms with E-state index in [4.69, 9.17) is 27.9 Å². The van der Waals surface area contributed by atoms with Crippen LogP contribution in [-0.2, 0) is 17.6 Å². The van der Waals surface area contributed by atoms with E-state index in [1.807, 2.05) is 0 Å². The van der Waals surface area contributed by atoms with Crippen LogP contribution in [0.3, 0.4) is 0 Å². The summed E-state index contributed by atoms with van der Waals surface area (Å²) >= 11 is 12.5. The summed E-state index contributed by atoms with van der Waals surface area (Å²) < 4.78 is 45.8. The molecule has 29 heavy (non-hydrogen) atoms. The van der Waals surface area contributed by atoms with E-state index in [0.29, 0.717) is 30.0 Å². The van der Waals surface area contributed by atoms with Crippen molar-refractivity contribution >= 4 is 51.9 Å². The van der Waals surface area contributed by atoms with Gasteiger partial charge in [-0.05, 0) is 66.6 Å². The minimum absolute atomic E-state index is 0.0246. The van der Waals surface area contributed by atoms with Crippen LogP contribution in [0.1, 0.15) is 48.9 Å². The maximum Gasteiger partial charge on any atom is 0.417 e. The lowest BCUT2D eigenvalue weighted by molar-refractivity contribution is -0.0689. The van der Waals surface area contributed by atoms with Crippen LogP contribution in [-0.4, -0.2) is 25.0 Å². The summed E-state index contributed by atoms with van der Waals surface area (Å²) in [5.41, 5.74) is -0.121. The number of fused-ring (bicyclic) bond motifs is 1. The fourth-order valence-electron chi connectivity index (χ4n) is 3.32. The molecule has 3 nitrogen and oxygen atoms in total. The van der Waals surface area contributed by atoms with Gasteiger partial charge in [-0.3, -0.25) is 4.79 Å². The zero-order valence-corrected chi connectivity index (χ0v) is 17.5. The Balaban J connectivity index is 2.11. The number of carbonyl (C=O) groups excluding carboxylic acids is 2. The molecule has 1 aromatic heterocycles. The minimum atomic E-state index is -4.80. The van der Waals surface area contributed by atoms with Gasteiger partial charge in [-0.2, -0.15) is 13.2 Å². The van der Waals surface area contributed by atoms with Crippen molar-refractivity contribution in [1.29, 1.82) is 0 Å². The van der Waals surface area contributed by atoms with E-state index in [0.717, 1.165) is 36.3 Å². The van der Waals surface area contributed by atoms with Crippen LogP contribution in [0, 0.1) is 0 Å². The molecule has 0 unspecified atom stereocenters. The van der Waals surface area contributed by atoms with Crippen LogP contribution < -0.4 is 0 Å². The molecule has 0 fully saturated rings. The molecule has 0 saturated heterocycles. The topological polar surface area (TPSA) is 43.4 Å². The minimum Gasteiger partial charge on any atom is -0.465 e. The lowest BCUT2D eigenvalue weighted by atomic mass is 9.91. The molecule has 0 N–H and O–H groups in total. The molecular weight excluding hydrogens is 448 g/mol. The van der Waals surface area contributed by atoms with Gasteiger partial charge in [0.2, 0.25) is 0 Å². The van der Waals surface area contributed by atoms with Crippen molar-refractivity contribution in [3.63, 3.8) is 0 Å². The maximum absolute atomic E-state index is 13.7. The van der Waals surface area contributed by atoms with Crippen LogP contribution in [0.2, 0.25) is 10.0 Å². The van der Waals surface area contributed by atoms with Crippen molar-refractivity contribution < 1.29 is 27.5 Å². The molecule has 0 atom stereocenters. The Labute approximate surface area is 179 Å². The highest BCUT2D eigenvalue weighted by Crippen LogP contribution is 2.39. The number of allylic oxidation sites excluding steroid dienone is 2. The number of esters is 1. The monoisotopic (exact) mass is 462 g/mol. The molecule has 0 amide bonds. The number of ether oxygens (including phenoxy) is 1. The van der Waals surface area contributed by atoms with Gasteiger partial charge >= 0.3 is 12.1 Å². The number of benzene rings is 1. The van der Waals surface area contributed by atoms with Gasteiger partial charge in [0, 0.05) is 10.0 Å². The number of halogens is 5. The second kappa shape index (κ2) is 8.50. The third-order valence-electron chi connectivity index (χ3n) is 4.57. The first-order valence-corrected chi connectivity index (χ1v) is 10.2. The van der Waals surface area contributed by atoms with E-state index in [1.165, 1.54) is 13.2 Å². The highest BCUT2D eigenvalue weighted by molar-refractivity contribution is 7.16. The Morgan fingerprint density at radius 1 is 1.03 bits per heavy atom. The van der Waals surface area contributed by atoms with Gasteiger partial charge in [-0.15, -0.1) is 11.3 Å². The fourth-order valence-corrected chi connectivity index (χ4v) is 5.08. The SMILES string of the molecule is COC(=O)c1sc(C(=O)/C=C(\c2cc(Cl)cc(Cl)c2)C(F)(F)F)c2c1CCCC2. The van der Waals surface area contributed by atoms with Crippen LogP contribution in [0.5, 0.6) is 0 Å². The van der Waals surface area contributed by atoms with E-state index in [-0.39, 0.29) is 25.4 Å². The van der Waals surface area contributed by atoms with E-state index >= 15 is 0 Å². The number of rotatable bonds is 4. The lowest BCUT2D eigenvalue weighted by Crippen LogP contribution is -2.13. The molecule has 3 rings (SSSR count). The lowest BCUT2D eigenvalue weighted by Gasteiger charge is -2.14. The van der Waals surface area contributed by atoms with Gasteiger partial charge in [-0.25, -0.2) is 4.79 Å². The summed E-state index contributed by atoms with van der Waals surface area (Å²) in [7, 11) is 1.23. The highest BCUT2D eigenvalue weighted by atomic mass is 35.5. The average molecular weight is 463 g/mol. The zero-order valence-electron chi connectivity index (χ0n) is 15.2. The number of hydrogen-bond donors (Lipinski definition) is 0. The molecule has 2 aromatic rings. The van der Waals surface area contributed by atoms with Crippen molar-refractivity contribution in [2.75, 3.05) is 7.11 Å². The van der Waals surface area contributed by atoms with Crippen molar-refractivity contribution in [3.05, 3.63) is 60.8 Å². The molecule has 0 bridgehead atoms. The van der Waals surface area contributed by atoms with Crippen molar-refractivity contribution in [2.24, 2.45) is 0 Å². The molecule has 1 aromatic carbocycles. The molecule has 0 saturated carbocycles. The van der Waals surface area contributed by atoms with E-state index in [9.17, 15) is 22.8 Å². The van der Waals surface area contributed by atoms with Gasteiger partial charge in [-0.1, -0.05) is 23.2 Å². The first-order valence-electron chi connectivity index (χ1n) is 8.64. The van der Waals surface area contributed by atoms with Crippen molar-refractivity contribution in [3.8, 4) is 0 Å². The summed E-state index contributed by atoms with van der Waals surface area (Å²) in [6.45, 7) is 0. The predicted octanol–water partition coefficient (Wildman–Crippen LogP) is 6.55. The Bertz CT molecular complexity index is 989. The highest BCUT2D eigenvalue weighted by Gasteiger charge is 2.36. The van der Waals surface area contributed by atoms with E-state index in [1.54, 1.807) is 0 Å². The Morgan fingerprint density at radius 2 is 1.59 bits per heavy atom. The smallest absolute Gasteiger partial charge is 0.417 e. The van der Waals surface area contributed by atoms with Crippen molar-refractivity contribution in [1.82, 2.24) is 0 Å². The number of alkyl halides is 3. The number of thiophene rings is 1. The van der Waals surface area contributed by atoms with Gasteiger partial charge < -0.3 is 4.74 Å². The number of ketones is 1. The summed E-state index contributed by atoms with van der Waals surface area (Å²) in [5.74, 6) is -1.40. The molecule has 0 aliphatic heterocycles. The van der Waals surface area contributed by atoms with E-state index in [2.05, 4.69) is 0 Å². The third-order valence-corrected chi connectivity index (χ3v) is 6.27. The molecule has 1 aliphatic carbocycles. The Morgan fingerprint density at radius 3 is 2.10 bits per heavy atom. The molecule has 154 valence electrons. The van der Waals surface area contributed by atoms with E-state index < -0.39 is 23.5 Å². The van der Waals surface area contributed by atoms with Crippen LogP contribution in [0.4, 0.5) is 13.2 Å². The quantitative estimate of drug-likeness (QED) is 0.294. The number of hydrogen-bond acceptors (Lipinski definition) is 4. The van der Waals surface area contributed by atoms with Gasteiger partial charge in [0.1, 0.15) is 4.88 Å². The summed E-state index contributed by atoms with van der Waals surface area (Å²) in [4.78, 5) is 25.3. The predicted molar refractivity (Wildman–Crippen MR) is 107 cm³/mol. The largest absolute Gasteiger partial charge is 0.465 e. The maximum atomic E-state index is 13.7. The summed E-state index contributed by atoms with van der Waals surface area (Å²) in [6.07, 6.45) is -1.50. The van der Waals surface area contributed by atoms with Crippen LogP contribution in [0.25, 0.3) is 5.57 Å². The Kier molecular flexibility index (Phi) is 6.41. The average Bonchev–Trinajstić information content (AvgIpc) is 3.03. The second-order valence-corrected chi connectivity index (χ2v) is 8.39. The zero-order chi connectivity index (χ0) is 21.3. The van der Waals surface area contributed by atoms with Crippen LogP contribution in [0.15, 0.2) is 24.3 Å².